The average molecular weight is 439 g/mol. The van der Waals surface area contributed by atoms with Gasteiger partial charge < -0.3 is 5.21 Å². The van der Waals surface area contributed by atoms with Gasteiger partial charge in [-0.1, -0.05) is 81.2 Å². The van der Waals surface area contributed by atoms with Crippen LogP contribution in [0.4, 0.5) is 11.4 Å². The largest absolute Gasteiger partial charge is 0.594 e. The van der Waals surface area contributed by atoms with Crippen LogP contribution in [-0.4, -0.2) is 4.86 Å². The van der Waals surface area contributed by atoms with Gasteiger partial charge in [-0.25, -0.2) is 0 Å². The third-order valence-corrected chi connectivity index (χ3v) is 5.30. The zero-order chi connectivity index (χ0) is 16.6. The van der Waals surface area contributed by atoms with Crippen molar-refractivity contribution >= 4 is 92.6 Å². The van der Waals surface area contributed by atoms with Crippen molar-refractivity contribution in [1.82, 2.24) is 0 Å². The van der Waals surface area contributed by atoms with Gasteiger partial charge in [-0.2, -0.15) is 0 Å². The molecule has 0 aliphatic rings. The quantitative estimate of drug-likeness (QED) is 0.153. The van der Waals surface area contributed by atoms with Crippen molar-refractivity contribution in [3.05, 3.63) is 58.6 Å². The number of hydrogen-bond acceptors (Lipinski definition) is 2. The van der Waals surface area contributed by atoms with Gasteiger partial charge in [0, 0.05) is 10.1 Å². The van der Waals surface area contributed by atoms with Crippen molar-refractivity contribution < 1.29 is 4.86 Å². The lowest BCUT2D eigenvalue weighted by Crippen LogP contribution is -1.95. The fourth-order valence-electron chi connectivity index (χ4n) is 1.47. The van der Waals surface area contributed by atoms with E-state index in [0.717, 1.165) is 0 Å². The Bertz CT molecular complexity index is 763. The number of nitrogens with zero attached hydrogens (tertiary/aromatic N) is 2. The molecule has 0 aliphatic heterocycles. The van der Waals surface area contributed by atoms with Gasteiger partial charge in [-0.15, -0.1) is 0 Å². The smallest absolute Gasteiger partial charge is 0.285 e. The van der Waals surface area contributed by atoms with Crippen LogP contribution in [0.15, 0.2) is 23.3 Å². The monoisotopic (exact) mass is 436 g/mol. The Balaban J connectivity index is 2.66. The van der Waals surface area contributed by atoms with Gasteiger partial charge in [0.15, 0.2) is 5.69 Å². The minimum Gasteiger partial charge on any atom is -0.594 e. The van der Waals surface area contributed by atoms with Crippen molar-refractivity contribution in [1.29, 1.82) is 0 Å². The second kappa shape index (κ2) is 7.18. The summed E-state index contributed by atoms with van der Waals surface area (Å²) in [5.74, 6) is 0. The Morgan fingerprint density at radius 2 is 1.27 bits per heavy atom. The van der Waals surface area contributed by atoms with Crippen LogP contribution in [0, 0.1) is 5.21 Å². The topological polar surface area (TPSA) is 38.4 Å². The first-order valence-corrected chi connectivity index (χ1v) is 8.04. The highest BCUT2D eigenvalue weighted by molar-refractivity contribution is 6.56. The summed E-state index contributed by atoms with van der Waals surface area (Å²) in [5, 5.41) is 15.9. The van der Waals surface area contributed by atoms with Crippen molar-refractivity contribution in [2.24, 2.45) is 5.11 Å². The van der Waals surface area contributed by atoms with E-state index in [9.17, 15) is 5.21 Å². The summed E-state index contributed by atoms with van der Waals surface area (Å²) < 4.78 is 0. The first-order chi connectivity index (χ1) is 10.2. The van der Waals surface area contributed by atoms with Crippen LogP contribution >= 0.6 is 81.2 Å². The highest BCUT2D eigenvalue weighted by Crippen LogP contribution is 2.48. The summed E-state index contributed by atoms with van der Waals surface area (Å²) in [4.78, 5) is 0.149. The zero-order valence-corrected chi connectivity index (χ0v) is 15.5. The molecule has 0 bridgehead atoms. The van der Waals surface area contributed by atoms with Gasteiger partial charge in [0.25, 0.3) is 5.69 Å². The van der Waals surface area contributed by atoms with Crippen LogP contribution in [0.1, 0.15) is 0 Å². The fourth-order valence-corrected chi connectivity index (χ4v) is 3.07. The van der Waals surface area contributed by atoms with Gasteiger partial charge in [0.05, 0.1) is 20.1 Å². The standard InChI is InChI=1S/C12H3Cl7N2O/c13-4-1-2-5(14)6(3-4)20-21(22)12-10(18)8(16)7(15)9(17)11(12)19/h1-3H. The number of halogens is 7. The lowest BCUT2D eigenvalue weighted by Gasteiger charge is -2.09. The van der Waals surface area contributed by atoms with Crippen LogP contribution in [-0.2, 0) is 0 Å². The minimum atomic E-state index is -0.251. The molecular formula is C12H3Cl7N2O. The predicted octanol–water partition coefficient (Wildman–Crippen LogP) is 8.19. The Kier molecular flexibility index (Phi) is 5.95. The summed E-state index contributed by atoms with van der Waals surface area (Å²) in [5.41, 5.74) is -0.128. The first-order valence-electron chi connectivity index (χ1n) is 5.39. The van der Waals surface area contributed by atoms with E-state index >= 15 is 0 Å². The Morgan fingerprint density at radius 3 is 1.82 bits per heavy atom. The zero-order valence-electron chi connectivity index (χ0n) is 10.2. The van der Waals surface area contributed by atoms with Crippen molar-refractivity contribution in [2.45, 2.75) is 0 Å². The van der Waals surface area contributed by atoms with Gasteiger partial charge >= 0.3 is 0 Å². The molecule has 0 amide bonds. The number of benzene rings is 2. The Labute approximate surface area is 160 Å². The van der Waals surface area contributed by atoms with Crippen LogP contribution in [0.5, 0.6) is 0 Å². The Hall–Kier alpha value is -0.130. The number of hydrogen-bond donors (Lipinski definition) is 0. The Morgan fingerprint density at radius 1 is 0.773 bits per heavy atom. The maximum Gasteiger partial charge on any atom is 0.285 e. The van der Waals surface area contributed by atoms with Crippen LogP contribution in [0.3, 0.4) is 0 Å². The van der Waals surface area contributed by atoms with E-state index in [1.165, 1.54) is 12.1 Å². The molecule has 3 nitrogen and oxygen atoms in total. The molecule has 2 aromatic carbocycles. The molecule has 0 N–H and O–H groups in total. The lowest BCUT2D eigenvalue weighted by atomic mass is 10.3. The molecule has 2 rings (SSSR count). The van der Waals surface area contributed by atoms with Gasteiger partial charge in [0.2, 0.25) is 0 Å². The van der Waals surface area contributed by atoms with E-state index < -0.39 is 0 Å². The third-order valence-electron chi connectivity index (χ3n) is 2.48. The molecule has 0 fully saturated rings. The van der Waals surface area contributed by atoms with Gasteiger partial charge in [0.1, 0.15) is 10.0 Å². The fraction of sp³-hybridized carbons (Fsp3) is 0. The highest BCUT2D eigenvalue weighted by Gasteiger charge is 2.26. The highest BCUT2D eigenvalue weighted by atomic mass is 35.5. The summed E-state index contributed by atoms with van der Waals surface area (Å²) in [6.07, 6.45) is 0. The van der Waals surface area contributed by atoms with Crippen molar-refractivity contribution in [3.63, 3.8) is 0 Å². The molecule has 0 aliphatic carbocycles. The van der Waals surface area contributed by atoms with E-state index in [2.05, 4.69) is 5.11 Å². The molecule has 2 aromatic rings. The van der Waals surface area contributed by atoms with Crippen molar-refractivity contribution in [3.8, 4) is 0 Å². The maximum atomic E-state index is 12.3. The van der Waals surface area contributed by atoms with Crippen LogP contribution in [0.25, 0.3) is 0 Å². The predicted molar refractivity (Wildman–Crippen MR) is 93.3 cm³/mol. The average Bonchev–Trinajstić information content (AvgIpc) is 2.47. The van der Waals surface area contributed by atoms with E-state index in [1.807, 2.05) is 0 Å². The first kappa shape index (κ1) is 18.2. The number of azo groups is 1. The van der Waals surface area contributed by atoms with Crippen LogP contribution in [0.2, 0.25) is 35.2 Å². The van der Waals surface area contributed by atoms with Crippen molar-refractivity contribution in [2.75, 3.05) is 0 Å². The molecule has 0 spiro atoms. The van der Waals surface area contributed by atoms with E-state index in [1.54, 1.807) is 6.07 Å². The summed E-state index contributed by atoms with van der Waals surface area (Å²) >= 11 is 41.4. The molecule has 0 saturated heterocycles. The molecule has 0 atom stereocenters. The van der Waals surface area contributed by atoms with E-state index in [-0.39, 0.29) is 46.4 Å². The summed E-state index contributed by atoms with van der Waals surface area (Å²) in [6, 6.07) is 4.44. The maximum absolute atomic E-state index is 12.3. The van der Waals surface area contributed by atoms with E-state index in [0.29, 0.717) is 5.02 Å². The van der Waals surface area contributed by atoms with Crippen LogP contribution < -0.4 is 0 Å². The molecule has 0 unspecified atom stereocenters. The molecule has 22 heavy (non-hydrogen) atoms. The second-order valence-electron chi connectivity index (χ2n) is 3.89. The number of rotatable bonds is 2. The van der Waals surface area contributed by atoms with Gasteiger partial charge in [-0.05, 0) is 23.1 Å². The van der Waals surface area contributed by atoms with Gasteiger partial charge in [-0.3, -0.25) is 0 Å². The van der Waals surface area contributed by atoms with E-state index in [4.69, 9.17) is 81.2 Å². The SMILES string of the molecule is [O-][N+](=Nc1cc(Cl)ccc1Cl)c1c(Cl)c(Cl)c(Cl)c(Cl)c1Cl. The summed E-state index contributed by atoms with van der Waals surface area (Å²) in [7, 11) is 0. The third kappa shape index (κ3) is 3.51. The molecule has 116 valence electrons. The summed E-state index contributed by atoms with van der Waals surface area (Å²) in [6.45, 7) is 0. The minimum absolute atomic E-state index is 0.0590. The molecule has 10 heteroatoms. The molecular weight excluding hydrogens is 436 g/mol. The normalized spacial score (nSPS) is 11.9. The lowest BCUT2D eigenvalue weighted by molar-refractivity contribution is -0.435. The molecule has 0 aromatic heterocycles. The molecule has 0 heterocycles. The molecule has 0 saturated carbocycles. The molecule has 0 radical (unpaired) electrons. The second-order valence-corrected chi connectivity index (χ2v) is 6.62.